The molecule has 0 aliphatic rings. The Kier molecular flexibility index (Phi) is 6.31. The summed E-state index contributed by atoms with van der Waals surface area (Å²) in [6.45, 7) is 1.91. The van der Waals surface area contributed by atoms with Crippen LogP contribution in [0.3, 0.4) is 0 Å². The molecule has 1 amide bonds. The topological polar surface area (TPSA) is 99.9 Å². The predicted octanol–water partition coefficient (Wildman–Crippen LogP) is 4.80. The molecule has 0 saturated heterocycles. The predicted molar refractivity (Wildman–Crippen MR) is 139 cm³/mol. The number of hydrogen-bond acceptors (Lipinski definition) is 5. The van der Waals surface area contributed by atoms with Crippen LogP contribution in [-0.4, -0.2) is 26.1 Å². The number of nitrogens with one attached hydrogen (secondary N) is 3. The number of carbonyl (C=O) groups is 1. The largest absolute Gasteiger partial charge is 0.362 e. The lowest BCUT2D eigenvalue weighted by Crippen LogP contribution is -2.19. The lowest BCUT2D eigenvalue weighted by Gasteiger charge is -2.15. The zero-order valence-corrected chi connectivity index (χ0v) is 19.4. The van der Waals surface area contributed by atoms with E-state index in [-0.39, 0.29) is 11.5 Å². The Balaban J connectivity index is 1.97. The van der Waals surface area contributed by atoms with Gasteiger partial charge in [0.2, 0.25) is 5.91 Å². The molecular weight excluding hydrogens is 517 g/mol. The summed E-state index contributed by atoms with van der Waals surface area (Å²) < 4.78 is 1.99. The third-order valence-electron chi connectivity index (χ3n) is 5.03. The Hall–Kier alpha value is -3.53. The number of carbonyl (C=O) groups excluding carboxylic acids is 1. The van der Waals surface area contributed by atoms with Crippen LogP contribution in [0.5, 0.6) is 0 Å². The van der Waals surface area contributed by atoms with E-state index in [2.05, 4.69) is 15.6 Å². The minimum Gasteiger partial charge on any atom is -0.362 e. The summed E-state index contributed by atoms with van der Waals surface area (Å²) in [7, 11) is 0. The molecule has 8 heteroatoms. The first-order valence-electron chi connectivity index (χ1n) is 9.85. The number of hydrogen-bond donors (Lipinski definition) is 3. The van der Waals surface area contributed by atoms with Gasteiger partial charge in [-0.2, -0.15) is 0 Å². The van der Waals surface area contributed by atoms with Crippen LogP contribution in [0.1, 0.15) is 5.56 Å². The number of aryl methyl sites for hydroxylation is 1. The van der Waals surface area contributed by atoms with Gasteiger partial charge in [0.1, 0.15) is 0 Å². The number of rotatable bonds is 6. The van der Waals surface area contributed by atoms with Gasteiger partial charge in [0.15, 0.2) is 0 Å². The number of alkyl halides is 1. The summed E-state index contributed by atoms with van der Waals surface area (Å²) in [6, 6.07) is 14.6. The van der Waals surface area contributed by atoms with Gasteiger partial charge in [0, 0.05) is 46.8 Å². The molecule has 0 aliphatic heterocycles. The van der Waals surface area contributed by atoms with Crippen molar-refractivity contribution < 1.29 is 4.79 Å². The van der Waals surface area contributed by atoms with Crippen molar-refractivity contribution in [2.24, 2.45) is 0 Å². The third kappa shape index (κ3) is 4.26. The number of benzene rings is 2. The van der Waals surface area contributed by atoms with Crippen LogP contribution in [0, 0.1) is 12.3 Å². The second-order valence-corrected chi connectivity index (χ2v) is 7.92. The Morgan fingerprint density at radius 2 is 2.03 bits per heavy atom. The molecule has 2 aromatic carbocycles. The normalized spacial score (nSPS) is 11.2. The molecule has 0 saturated carbocycles. The maximum atomic E-state index is 13.0. The van der Waals surface area contributed by atoms with E-state index < -0.39 is 0 Å². The molecular formula is C24H20IN5O2. The number of halogens is 1. The Labute approximate surface area is 197 Å². The summed E-state index contributed by atoms with van der Waals surface area (Å²) in [5, 5.41) is 14.8. The van der Waals surface area contributed by atoms with Gasteiger partial charge in [0.05, 0.1) is 21.1 Å². The molecule has 0 unspecified atom stereocenters. The summed E-state index contributed by atoms with van der Waals surface area (Å²) in [6.07, 6.45) is 6.19. The van der Waals surface area contributed by atoms with E-state index in [1.165, 1.54) is 12.3 Å². The van der Waals surface area contributed by atoms with Crippen LogP contribution >= 0.6 is 22.6 Å². The fourth-order valence-corrected chi connectivity index (χ4v) is 3.71. The van der Waals surface area contributed by atoms with Gasteiger partial charge in [-0.25, -0.2) is 0 Å². The summed E-state index contributed by atoms with van der Waals surface area (Å²) in [4.78, 5) is 29.5. The molecule has 32 heavy (non-hydrogen) atoms. The average Bonchev–Trinajstić information content (AvgIpc) is 2.80. The zero-order chi connectivity index (χ0) is 22.7. The highest BCUT2D eigenvalue weighted by Crippen LogP contribution is 2.28. The van der Waals surface area contributed by atoms with Crippen molar-refractivity contribution >= 4 is 67.9 Å². The minimum atomic E-state index is -0.179. The number of allylic oxidation sites excluding steroid dienone is 1. The van der Waals surface area contributed by atoms with E-state index in [1.807, 2.05) is 65.9 Å². The number of anilines is 2. The standard InChI is InChI=1S/C24H20IN5O2/c1-15-3-6-18(12-21(15)29-22(31)13-25)30-23(32)8-4-16-14-28-20-7-5-17(27-10-2-9-26)11-19(20)24(16)30/h2-12,14,26-27H,13H2,1H3,(H,29,31)/b10-2-,26-9?. The monoisotopic (exact) mass is 537 g/mol. The molecule has 0 aliphatic carbocycles. The van der Waals surface area contributed by atoms with Crippen LogP contribution in [-0.2, 0) is 4.79 Å². The maximum absolute atomic E-state index is 13.0. The average molecular weight is 537 g/mol. The van der Waals surface area contributed by atoms with Crippen molar-refractivity contribution in [2.75, 3.05) is 15.1 Å². The molecule has 0 radical (unpaired) electrons. The quantitative estimate of drug-likeness (QED) is 0.143. The first-order valence-corrected chi connectivity index (χ1v) is 11.4. The number of pyridine rings is 2. The van der Waals surface area contributed by atoms with Gasteiger partial charge in [-0.1, -0.05) is 28.7 Å². The third-order valence-corrected chi connectivity index (χ3v) is 5.73. The highest BCUT2D eigenvalue weighted by Gasteiger charge is 2.13. The number of nitrogens with zero attached hydrogens (tertiary/aromatic N) is 2. The molecule has 2 aromatic heterocycles. The number of fused-ring (bicyclic) bond motifs is 3. The van der Waals surface area contributed by atoms with E-state index in [4.69, 9.17) is 5.41 Å². The summed E-state index contributed by atoms with van der Waals surface area (Å²) >= 11 is 2.02. The van der Waals surface area contributed by atoms with E-state index >= 15 is 0 Å². The van der Waals surface area contributed by atoms with E-state index in [0.29, 0.717) is 15.8 Å². The molecule has 4 rings (SSSR count). The van der Waals surface area contributed by atoms with E-state index in [0.717, 1.165) is 33.1 Å². The van der Waals surface area contributed by atoms with Crippen molar-refractivity contribution in [3.05, 3.63) is 82.9 Å². The van der Waals surface area contributed by atoms with Gasteiger partial charge in [-0.3, -0.25) is 19.1 Å². The van der Waals surface area contributed by atoms with Crippen molar-refractivity contribution in [3.63, 3.8) is 0 Å². The molecule has 0 bridgehead atoms. The molecule has 160 valence electrons. The summed E-state index contributed by atoms with van der Waals surface area (Å²) in [5.74, 6) is -0.0977. The van der Waals surface area contributed by atoms with E-state index in [9.17, 15) is 9.59 Å². The van der Waals surface area contributed by atoms with Crippen molar-refractivity contribution in [2.45, 2.75) is 6.92 Å². The van der Waals surface area contributed by atoms with Crippen LogP contribution in [0.15, 0.2) is 71.8 Å². The molecule has 2 heterocycles. The molecule has 0 spiro atoms. The van der Waals surface area contributed by atoms with Crippen molar-refractivity contribution in [1.29, 1.82) is 5.41 Å². The Morgan fingerprint density at radius 1 is 1.19 bits per heavy atom. The Morgan fingerprint density at radius 3 is 2.81 bits per heavy atom. The number of amides is 1. The second kappa shape index (κ2) is 9.31. The SMILES string of the molecule is Cc1ccc(-n2c(=O)ccc3cnc4ccc(N/C=C\C=N)cc4c32)cc1NC(=O)CI. The zero-order valence-electron chi connectivity index (χ0n) is 17.2. The van der Waals surface area contributed by atoms with Gasteiger partial charge in [-0.15, -0.1) is 0 Å². The maximum Gasteiger partial charge on any atom is 0.255 e. The molecule has 7 nitrogen and oxygen atoms in total. The second-order valence-electron chi connectivity index (χ2n) is 7.15. The Bertz CT molecular complexity index is 1440. The number of aromatic nitrogens is 2. The lowest BCUT2D eigenvalue weighted by atomic mass is 10.1. The summed E-state index contributed by atoms with van der Waals surface area (Å²) in [5.41, 5.74) is 4.36. The molecule has 0 atom stereocenters. The highest BCUT2D eigenvalue weighted by atomic mass is 127. The highest BCUT2D eigenvalue weighted by molar-refractivity contribution is 14.1. The van der Waals surface area contributed by atoms with Crippen molar-refractivity contribution in [1.82, 2.24) is 9.55 Å². The van der Waals surface area contributed by atoms with Crippen LogP contribution < -0.4 is 16.2 Å². The van der Waals surface area contributed by atoms with Crippen molar-refractivity contribution in [3.8, 4) is 5.69 Å². The van der Waals surface area contributed by atoms with Gasteiger partial charge in [-0.05, 0) is 55.0 Å². The first kappa shape index (κ1) is 21.7. The lowest BCUT2D eigenvalue weighted by molar-refractivity contribution is -0.113. The molecule has 3 N–H and O–H groups in total. The van der Waals surface area contributed by atoms with E-state index in [1.54, 1.807) is 29.1 Å². The van der Waals surface area contributed by atoms with Gasteiger partial charge < -0.3 is 16.0 Å². The first-order chi connectivity index (χ1) is 15.5. The fourth-order valence-electron chi connectivity index (χ4n) is 3.52. The molecule has 0 fully saturated rings. The van der Waals surface area contributed by atoms with Crippen LogP contribution in [0.4, 0.5) is 11.4 Å². The fraction of sp³-hybridized carbons (Fsp3) is 0.0833. The smallest absolute Gasteiger partial charge is 0.255 e. The molecule has 4 aromatic rings. The van der Waals surface area contributed by atoms with Gasteiger partial charge >= 0.3 is 0 Å². The van der Waals surface area contributed by atoms with Crippen LogP contribution in [0.2, 0.25) is 0 Å². The van der Waals surface area contributed by atoms with Crippen LogP contribution in [0.25, 0.3) is 27.5 Å². The minimum absolute atomic E-state index is 0.0977. The van der Waals surface area contributed by atoms with Gasteiger partial charge in [0.25, 0.3) is 5.56 Å².